The van der Waals surface area contributed by atoms with Crippen LogP contribution in [0.2, 0.25) is 6.82 Å². The Morgan fingerprint density at radius 3 is 2.54 bits per heavy atom. The first-order valence-corrected chi connectivity index (χ1v) is 8.91. The Morgan fingerprint density at radius 2 is 1.85 bits per heavy atom. The number of hydrogen-bond acceptors (Lipinski definition) is 4. The zero-order valence-corrected chi connectivity index (χ0v) is 15.9. The lowest BCUT2D eigenvalue weighted by molar-refractivity contribution is 0.475. The topological polar surface area (TPSA) is 54.2 Å². The van der Waals surface area contributed by atoms with Gasteiger partial charge in [0.2, 0.25) is 0 Å². The van der Waals surface area contributed by atoms with Crippen LogP contribution in [-0.2, 0) is 5.41 Å². The van der Waals surface area contributed by atoms with E-state index in [2.05, 4.69) is 61.0 Å². The van der Waals surface area contributed by atoms with E-state index in [0.717, 1.165) is 34.0 Å². The highest BCUT2D eigenvalue weighted by atomic mass is 16.3. The minimum atomic E-state index is -0.0512. The first-order valence-electron chi connectivity index (χ1n) is 8.91. The van der Waals surface area contributed by atoms with Crippen LogP contribution in [0.25, 0.3) is 11.3 Å². The standard InChI is InChI=1S/C20H23BN4O/c1-13-8-9-22-19(10-13)24-16-11-14(26)6-7-15(16)17-12-18(20(2,3)4)23-25(17)21(24)5/h6-12,26H,1-5H3. The summed E-state index contributed by atoms with van der Waals surface area (Å²) in [6.45, 7) is 10.6. The molecule has 1 aliphatic rings. The van der Waals surface area contributed by atoms with E-state index >= 15 is 0 Å². The van der Waals surface area contributed by atoms with Gasteiger partial charge >= 0.3 is 6.98 Å². The number of hydrogen-bond donors (Lipinski definition) is 1. The summed E-state index contributed by atoms with van der Waals surface area (Å²) in [4.78, 5) is 6.71. The van der Waals surface area contributed by atoms with Crippen LogP contribution >= 0.6 is 0 Å². The Bertz CT molecular complexity index is 990. The molecule has 4 rings (SSSR count). The van der Waals surface area contributed by atoms with Crippen LogP contribution < -0.4 is 4.81 Å². The minimum absolute atomic E-state index is 0.0342. The fourth-order valence-electron chi connectivity index (χ4n) is 3.46. The SMILES string of the molecule is CB1N(c2cc(C)ccn2)c2cc(O)ccc2-c2cc(C(C)(C)C)nn21. The molecule has 1 aromatic carbocycles. The summed E-state index contributed by atoms with van der Waals surface area (Å²) >= 11 is 0. The van der Waals surface area contributed by atoms with Crippen LogP contribution in [-0.4, -0.2) is 26.8 Å². The van der Waals surface area contributed by atoms with Gasteiger partial charge in [-0.3, -0.25) is 4.59 Å². The van der Waals surface area contributed by atoms with Gasteiger partial charge in [-0.05, 0) is 49.6 Å². The average Bonchev–Trinajstić information content (AvgIpc) is 3.01. The van der Waals surface area contributed by atoms with Crippen molar-refractivity contribution in [2.45, 2.75) is 39.9 Å². The fourth-order valence-corrected chi connectivity index (χ4v) is 3.46. The van der Waals surface area contributed by atoms with Crippen molar-refractivity contribution in [1.29, 1.82) is 0 Å². The van der Waals surface area contributed by atoms with Crippen molar-refractivity contribution < 1.29 is 5.11 Å². The summed E-state index contributed by atoms with van der Waals surface area (Å²) in [5, 5.41) is 15.0. The van der Waals surface area contributed by atoms with E-state index in [1.165, 1.54) is 0 Å². The predicted octanol–water partition coefficient (Wildman–Crippen LogP) is 4.37. The molecule has 26 heavy (non-hydrogen) atoms. The van der Waals surface area contributed by atoms with Gasteiger partial charge in [-0.25, -0.2) is 4.98 Å². The number of aryl methyl sites for hydroxylation is 1. The molecule has 3 heterocycles. The van der Waals surface area contributed by atoms with Gasteiger partial charge in [0.05, 0.1) is 11.4 Å². The van der Waals surface area contributed by atoms with Crippen LogP contribution in [0.3, 0.4) is 0 Å². The van der Waals surface area contributed by atoms with E-state index in [-0.39, 0.29) is 18.1 Å². The van der Waals surface area contributed by atoms with Gasteiger partial charge in [-0.1, -0.05) is 20.8 Å². The van der Waals surface area contributed by atoms with Crippen LogP contribution in [0.15, 0.2) is 42.6 Å². The van der Waals surface area contributed by atoms with Crippen LogP contribution in [0, 0.1) is 6.92 Å². The molecule has 1 N–H and O–H groups in total. The molecule has 2 aromatic heterocycles. The number of nitrogens with zero attached hydrogens (tertiary/aromatic N) is 4. The van der Waals surface area contributed by atoms with Gasteiger partial charge in [0, 0.05) is 28.9 Å². The number of anilines is 2. The first-order chi connectivity index (χ1) is 12.3. The van der Waals surface area contributed by atoms with Crippen molar-refractivity contribution in [3.05, 3.63) is 53.9 Å². The molecule has 3 aromatic rings. The summed E-state index contributed by atoms with van der Waals surface area (Å²) in [5.41, 5.74) is 5.23. The second-order valence-corrected chi connectivity index (χ2v) is 8.00. The monoisotopic (exact) mass is 346 g/mol. The molecule has 6 heteroatoms. The Labute approximate surface area is 154 Å². The Morgan fingerprint density at radius 1 is 1.08 bits per heavy atom. The van der Waals surface area contributed by atoms with Gasteiger partial charge < -0.3 is 9.92 Å². The van der Waals surface area contributed by atoms with E-state index in [4.69, 9.17) is 5.10 Å². The number of fused-ring (bicyclic) bond motifs is 3. The smallest absolute Gasteiger partial charge is 0.401 e. The van der Waals surface area contributed by atoms with E-state index in [1.54, 1.807) is 6.07 Å². The number of rotatable bonds is 1. The molecule has 0 atom stereocenters. The molecule has 0 unspecified atom stereocenters. The second-order valence-electron chi connectivity index (χ2n) is 8.00. The molecule has 0 aliphatic carbocycles. The third-order valence-corrected chi connectivity index (χ3v) is 4.90. The summed E-state index contributed by atoms with van der Waals surface area (Å²) in [6, 6.07) is 11.7. The van der Waals surface area contributed by atoms with Gasteiger partial charge in [0.25, 0.3) is 0 Å². The Hall–Kier alpha value is -2.76. The third-order valence-electron chi connectivity index (χ3n) is 4.90. The molecule has 0 bridgehead atoms. The largest absolute Gasteiger partial charge is 0.508 e. The van der Waals surface area contributed by atoms with Crippen LogP contribution in [0.5, 0.6) is 5.75 Å². The molecule has 0 saturated carbocycles. The summed E-state index contributed by atoms with van der Waals surface area (Å²) in [5.74, 6) is 1.10. The van der Waals surface area contributed by atoms with Gasteiger partial charge in [0.1, 0.15) is 11.6 Å². The van der Waals surface area contributed by atoms with Crippen molar-refractivity contribution in [1.82, 2.24) is 14.7 Å². The maximum absolute atomic E-state index is 10.1. The third kappa shape index (κ3) is 2.57. The number of pyridine rings is 1. The second kappa shape index (κ2) is 5.63. The Kier molecular flexibility index (Phi) is 3.61. The quantitative estimate of drug-likeness (QED) is 0.665. The predicted molar refractivity (Wildman–Crippen MR) is 106 cm³/mol. The number of aromatic hydroxyl groups is 1. The van der Waals surface area contributed by atoms with E-state index in [9.17, 15) is 5.11 Å². The molecule has 5 nitrogen and oxygen atoms in total. The lowest BCUT2D eigenvalue weighted by Crippen LogP contribution is -2.44. The molecule has 132 valence electrons. The van der Waals surface area contributed by atoms with Gasteiger partial charge in [0.15, 0.2) is 0 Å². The van der Waals surface area contributed by atoms with Crippen molar-refractivity contribution in [3.8, 4) is 17.0 Å². The molecule has 0 saturated heterocycles. The van der Waals surface area contributed by atoms with Crippen LogP contribution in [0.4, 0.5) is 11.5 Å². The minimum Gasteiger partial charge on any atom is -0.508 e. The van der Waals surface area contributed by atoms with E-state index in [1.807, 2.05) is 24.4 Å². The molecule has 0 spiro atoms. The van der Waals surface area contributed by atoms with Crippen molar-refractivity contribution >= 4 is 18.5 Å². The molecule has 0 radical (unpaired) electrons. The summed E-state index contributed by atoms with van der Waals surface area (Å²) in [7, 11) is 0. The van der Waals surface area contributed by atoms with Gasteiger partial charge in [-0.2, -0.15) is 5.10 Å². The lowest BCUT2D eigenvalue weighted by Gasteiger charge is -2.35. The molecule has 1 aliphatic heterocycles. The highest BCUT2D eigenvalue weighted by Crippen LogP contribution is 2.42. The average molecular weight is 346 g/mol. The number of phenols is 1. The Balaban J connectivity index is 1.97. The fraction of sp³-hybridized carbons (Fsp3) is 0.300. The molecule has 0 amide bonds. The van der Waals surface area contributed by atoms with E-state index in [0.29, 0.717) is 0 Å². The molecule has 0 fully saturated rings. The van der Waals surface area contributed by atoms with Gasteiger partial charge in [-0.15, -0.1) is 0 Å². The molecular formula is C20H23BN4O. The highest BCUT2D eigenvalue weighted by Gasteiger charge is 2.36. The number of benzene rings is 1. The van der Waals surface area contributed by atoms with Crippen molar-refractivity contribution in [3.63, 3.8) is 0 Å². The van der Waals surface area contributed by atoms with Crippen molar-refractivity contribution in [2.24, 2.45) is 0 Å². The highest BCUT2D eigenvalue weighted by molar-refractivity contribution is 6.63. The van der Waals surface area contributed by atoms with Crippen molar-refractivity contribution in [2.75, 3.05) is 4.81 Å². The maximum atomic E-state index is 10.1. The first kappa shape index (κ1) is 16.7. The maximum Gasteiger partial charge on any atom is 0.401 e. The normalized spacial score (nSPS) is 13.6. The van der Waals surface area contributed by atoms with Crippen LogP contribution in [0.1, 0.15) is 32.0 Å². The zero-order chi connectivity index (χ0) is 18.6. The lowest BCUT2D eigenvalue weighted by atomic mass is 9.73. The molecular weight excluding hydrogens is 323 g/mol. The zero-order valence-electron chi connectivity index (χ0n) is 15.9. The number of phenolic OH excluding ortho intramolecular Hbond substituents is 1. The summed E-state index contributed by atoms with van der Waals surface area (Å²) < 4.78 is 2.06. The number of aromatic nitrogens is 3. The summed E-state index contributed by atoms with van der Waals surface area (Å²) in [6.07, 6.45) is 1.82. The van der Waals surface area contributed by atoms with E-state index < -0.39 is 0 Å².